The van der Waals surface area contributed by atoms with Crippen molar-refractivity contribution in [2.45, 2.75) is 13.8 Å². The van der Waals surface area contributed by atoms with Crippen LogP contribution in [0.2, 0.25) is 0 Å². The summed E-state index contributed by atoms with van der Waals surface area (Å²) in [6.07, 6.45) is 0. The predicted molar refractivity (Wildman–Crippen MR) is 112 cm³/mol. The fourth-order valence-electron chi connectivity index (χ4n) is 2.65. The predicted octanol–water partition coefficient (Wildman–Crippen LogP) is 3.63. The third-order valence-corrected chi connectivity index (χ3v) is 4.34. The Morgan fingerprint density at radius 2 is 1.07 bits per heavy atom. The van der Waals surface area contributed by atoms with Crippen LogP contribution in [-0.4, -0.2) is 17.7 Å². The molecule has 6 nitrogen and oxygen atoms in total. The monoisotopic (exact) mass is 387 g/mol. The van der Waals surface area contributed by atoms with Crippen LogP contribution in [0, 0.1) is 13.8 Å². The first-order valence-electron chi connectivity index (χ1n) is 9.08. The van der Waals surface area contributed by atoms with Gasteiger partial charge in [-0.1, -0.05) is 47.5 Å². The van der Waals surface area contributed by atoms with Gasteiger partial charge in [0.05, 0.1) is 11.3 Å². The number of anilines is 1. The minimum absolute atomic E-state index is 0.233. The largest absolute Gasteiger partial charge is 0.321 e. The van der Waals surface area contributed by atoms with E-state index in [1.54, 1.807) is 48.5 Å². The maximum atomic E-state index is 12.5. The number of carbonyl (C=O) groups excluding carboxylic acids is 3. The van der Waals surface area contributed by atoms with Crippen molar-refractivity contribution < 1.29 is 14.4 Å². The van der Waals surface area contributed by atoms with E-state index in [2.05, 4.69) is 16.2 Å². The molecule has 0 heterocycles. The number of benzene rings is 3. The fraction of sp³-hybridized carbons (Fsp3) is 0.0870. The van der Waals surface area contributed by atoms with Crippen molar-refractivity contribution in [3.8, 4) is 0 Å². The Morgan fingerprint density at radius 3 is 1.66 bits per heavy atom. The lowest BCUT2D eigenvalue weighted by atomic mass is 10.1. The van der Waals surface area contributed by atoms with Gasteiger partial charge in [0.2, 0.25) is 0 Å². The van der Waals surface area contributed by atoms with Crippen LogP contribution < -0.4 is 16.2 Å². The van der Waals surface area contributed by atoms with Gasteiger partial charge in [-0.2, -0.15) is 0 Å². The van der Waals surface area contributed by atoms with Crippen molar-refractivity contribution in [3.05, 3.63) is 101 Å². The number of para-hydroxylation sites is 1. The van der Waals surface area contributed by atoms with Gasteiger partial charge < -0.3 is 5.32 Å². The van der Waals surface area contributed by atoms with Crippen LogP contribution in [0.5, 0.6) is 0 Å². The summed E-state index contributed by atoms with van der Waals surface area (Å²) in [6, 6.07) is 20.7. The van der Waals surface area contributed by atoms with Crippen LogP contribution in [-0.2, 0) is 0 Å². The van der Waals surface area contributed by atoms with Crippen molar-refractivity contribution in [1.82, 2.24) is 10.9 Å². The van der Waals surface area contributed by atoms with Crippen molar-refractivity contribution in [3.63, 3.8) is 0 Å². The molecule has 3 aromatic carbocycles. The van der Waals surface area contributed by atoms with E-state index < -0.39 is 11.8 Å². The molecule has 29 heavy (non-hydrogen) atoms. The van der Waals surface area contributed by atoms with Gasteiger partial charge in [-0.15, -0.1) is 0 Å². The van der Waals surface area contributed by atoms with E-state index in [-0.39, 0.29) is 11.5 Å². The molecule has 0 radical (unpaired) electrons. The zero-order valence-corrected chi connectivity index (χ0v) is 16.2. The third kappa shape index (κ3) is 5.07. The summed E-state index contributed by atoms with van der Waals surface area (Å²) in [6.45, 7) is 3.86. The SMILES string of the molecule is Cc1ccc(C(=O)NNC(=O)c2ccccc2NC(=O)c2ccc(C)cc2)cc1. The average molecular weight is 387 g/mol. The van der Waals surface area contributed by atoms with E-state index in [0.717, 1.165) is 11.1 Å². The molecule has 0 fully saturated rings. The molecular weight excluding hydrogens is 366 g/mol. The first-order chi connectivity index (χ1) is 13.9. The van der Waals surface area contributed by atoms with Gasteiger partial charge >= 0.3 is 0 Å². The third-order valence-electron chi connectivity index (χ3n) is 4.34. The van der Waals surface area contributed by atoms with Gasteiger partial charge in [0, 0.05) is 11.1 Å². The summed E-state index contributed by atoms with van der Waals surface area (Å²) in [5.41, 5.74) is 8.34. The van der Waals surface area contributed by atoms with E-state index in [1.165, 1.54) is 0 Å². The Morgan fingerprint density at radius 1 is 0.586 bits per heavy atom. The normalized spacial score (nSPS) is 10.1. The van der Waals surface area contributed by atoms with Crippen LogP contribution in [0.15, 0.2) is 72.8 Å². The van der Waals surface area contributed by atoms with Crippen LogP contribution in [0.3, 0.4) is 0 Å². The number of amides is 3. The van der Waals surface area contributed by atoms with Crippen molar-refractivity contribution in [2.24, 2.45) is 0 Å². The maximum absolute atomic E-state index is 12.5. The molecule has 0 aliphatic rings. The zero-order valence-electron chi connectivity index (χ0n) is 16.2. The number of hydrazine groups is 1. The van der Waals surface area contributed by atoms with Gasteiger partial charge in [0.1, 0.15) is 0 Å². The van der Waals surface area contributed by atoms with Crippen LogP contribution in [0.25, 0.3) is 0 Å². The highest BCUT2D eigenvalue weighted by molar-refractivity contribution is 6.09. The number of aryl methyl sites for hydroxylation is 2. The summed E-state index contributed by atoms with van der Waals surface area (Å²) >= 11 is 0. The molecule has 0 atom stereocenters. The molecule has 3 aromatic rings. The molecular formula is C23H21N3O3. The number of hydrogen-bond donors (Lipinski definition) is 3. The summed E-state index contributed by atoms with van der Waals surface area (Å²) in [5, 5.41) is 2.74. The molecule has 3 rings (SSSR count). The Kier molecular flexibility index (Phi) is 6.04. The van der Waals surface area contributed by atoms with Crippen LogP contribution >= 0.6 is 0 Å². The summed E-state index contributed by atoms with van der Waals surface area (Å²) in [7, 11) is 0. The van der Waals surface area contributed by atoms with Crippen LogP contribution in [0.1, 0.15) is 42.2 Å². The topological polar surface area (TPSA) is 87.3 Å². The van der Waals surface area contributed by atoms with E-state index in [9.17, 15) is 14.4 Å². The second-order valence-electron chi connectivity index (χ2n) is 6.64. The van der Waals surface area contributed by atoms with Gasteiger partial charge in [-0.25, -0.2) is 0 Å². The molecule has 0 saturated heterocycles. The van der Waals surface area contributed by atoms with E-state index >= 15 is 0 Å². The van der Waals surface area contributed by atoms with Gasteiger partial charge in [-0.05, 0) is 50.2 Å². The number of carbonyl (C=O) groups is 3. The Labute approximate surface area is 168 Å². The minimum atomic E-state index is -0.537. The molecule has 0 saturated carbocycles. The van der Waals surface area contributed by atoms with Gasteiger partial charge in [0.25, 0.3) is 17.7 Å². The summed E-state index contributed by atoms with van der Waals surface area (Å²) in [4.78, 5) is 37.2. The lowest BCUT2D eigenvalue weighted by Crippen LogP contribution is -2.41. The lowest BCUT2D eigenvalue weighted by molar-refractivity contribution is 0.0847. The quantitative estimate of drug-likeness (QED) is 0.598. The molecule has 3 amide bonds. The average Bonchev–Trinajstić information content (AvgIpc) is 2.73. The maximum Gasteiger partial charge on any atom is 0.271 e. The molecule has 6 heteroatoms. The summed E-state index contributed by atoms with van der Waals surface area (Å²) in [5.74, 6) is -1.29. The van der Waals surface area contributed by atoms with Crippen molar-refractivity contribution in [1.29, 1.82) is 0 Å². The van der Waals surface area contributed by atoms with E-state index in [0.29, 0.717) is 16.8 Å². The molecule has 0 aliphatic carbocycles. The molecule has 146 valence electrons. The Bertz CT molecular complexity index is 1040. The van der Waals surface area contributed by atoms with Crippen molar-refractivity contribution >= 4 is 23.4 Å². The first-order valence-corrected chi connectivity index (χ1v) is 9.08. The number of rotatable bonds is 4. The Hall–Kier alpha value is -3.93. The van der Waals surface area contributed by atoms with E-state index in [1.807, 2.05) is 38.1 Å². The van der Waals surface area contributed by atoms with Crippen molar-refractivity contribution in [2.75, 3.05) is 5.32 Å². The fourth-order valence-corrected chi connectivity index (χ4v) is 2.65. The smallest absolute Gasteiger partial charge is 0.271 e. The second kappa shape index (κ2) is 8.84. The molecule has 0 bridgehead atoms. The van der Waals surface area contributed by atoms with Gasteiger partial charge in [0.15, 0.2) is 0 Å². The first kappa shape index (κ1) is 19.8. The molecule has 0 unspecified atom stereocenters. The minimum Gasteiger partial charge on any atom is -0.321 e. The number of hydrogen-bond acceptors (Lipinski definition) is 3. The lowest BCUT2D eigenvalue weighted by Gasteiger charge is -2.12. The van der Waals surface area contributed by atoms with Crippen LogP contribution in [0.4, 0.5) is 5.69 Å². The highest BCUT2D eigenvalue weighted by Gasteiger charge is 2.15. The standard InChI is InChI=1S/C23H21N3O3/c1-15-7-11-17(12-8-15)21(27)24-20-6-4-3-5-19(20)23(29)26-25-22(28)18-13-9-16(2)10-14-18/h3-14H,1-2H3,(H,24,27)(H,25,28)(H,26,29). The highest BCUT2D eigenvalue weighted by Crippen LogP contribution is 2.16. The highest BCUT2D eigenvalue weighted by atomic mass is 16.2. The number of nitrogens with one attached hydrogen (secondary N) is 3. The van der Waals surface area contributed by atoms with Gasteiger partial charge in [-0.3, -0.25) is 25.2 Å². The molecule has 0 aliphatic heterocycles. The summed E-state index contributed by atoms with van der Waals surface area (Å²) < 4.78 is 0. The Balaban J connectivity index is 1.68. The molecule has 3 N–H and O–H groups in total. The molecule has 0 aromatic heterocycles. The second-order valence-corrected chi connectivity index (χ2v) is 6.64. The van der Waals surface area contributed by atoms with E-state index in [4.69, 9.17) is 0 Å². The zero-order chi connectivity index (χ0) is 20.8. The molecule has 0 spiro atoms.